The summed E-state index contributed by atoms with van der Waals surface area (Å²) in [6.07, 6.45) is 2.73. The fourth-order valence-corrected chi connectivity index (χ4v) is 4.96. The van der Waals surface area contributed by atoms with Crippen LogP contribution >= 0.6 is 11.6 Å². The summed E-state index contributed by atoms with van der Waals surface area (Å²) >= 11 is 6.16. The Morgan fingerprint density at radius 3 is 2.71 bits per heavy atom. The topological polar surface area (TPSA) is 40.6 Å². The number of hydrogen-bond acceptors (Lipinski definition) is 5. The summed E-state index contributed by atoms with van der Waals surface area (Å²) < 4.78 is 34.2. The van der Waals surface area contributed by atoms with Gasteiger partial charge in [-0.3, -0.25) is 0 Å². The van der Waals surface area contributed by atoms with E-state index in [1.807, 2.05) is 6.20 Å². The average molecular weight is 485 g/mol. The Morgan fingerprint density at radius 1 is 1.09 bits per heavy atom. The minimum absolute atomic E-state index is 0.161. The normalized spacial score (nSPS) is 16.1. The molecule has 1 N–H and O–H groups in total. The molecule has 0 atom stereocenters. The fourth-order valence-electron chi connectivity index (χ4n) is 4.74. The maximum absolute atomic E-state index is 14.6. The maximum Gasteiger partial charge on any atom is 0.149 e. The van der Waals surface area contributed by atoms with Gasteiger partial charge in [0, 0.05) is 55.7 Å². The van der Waals surface area contributed by atoms with Crippen molar-refractivity contribution >= 4 is 28.8 Å². The highest BCUT2D eigenvalue weighted by atomic mass is 35.5. The molecule has 0 aliphatic carbocycles. The number of fused-ring (bicyclic) bond motifs is 1. The number of rotatable bonds is 4. The highest BCUT2D eigenvalue weighted by molar-refractivity contribution is 6.31. The van der Waals surface area contributed by atoms with Crippen LogP contribution < -0.4 is 15.1 Å². The van der Waals surface area contributed by atoms with E-state index in [1.54, 1.807) is 0 Å². The molecule has 8 heteroatoms. The van der Waals surface area contributed by atoms with Gasteiger partial charge >= 0.3 is 0 Å². The monoisotopic (exact) mass is 484 g/mol. The van der Waals surface area contributed by atoms with Crippen LogP contribution in [0.1, 0.15) is 17.5 Å². The van der Waals surface area contributed by atoms with Crippen LogP contribution in [0.5, 0.6) is 0 Å². The van der Waals surface area contributed by atoms with Gasteiger partial charge < -0.3 is 19.9 Å². The Hall–Kier alpha value is -2.90. The SMILES string of the molecule is Cc1c(-c2cccc(N3CCOCC3)c2)cnc2c1N(Cc1c(F)ccc(F)c1Cl)CCCN2. The third kappa shape index (κ3) is 4.42. The lowest BCUT2D eigenvalue weighted by atomic mass is 9.99. The van der Waals surface area contributed by atoms with E-state index >= 15 is 0 Å². The van der Waals surface area contributed by atoms with E-state index in [0.29, 0.717) is 6.54 Å². The molecule has 5 nitrogen and oxygen atoms in total. The van der Waals surface area contributed by atoms with Crippen molar-refractivity contribution in [2.45, 2.75) is 19.9 Å². The lowest BCUT2D eigenvalue weighted by Gasteiger charge is -2.30. The number of ether oxygens (including phenoxy) is 1. The minimum Gasteiger partial charge on any atom is -0.378 e. The van der Waals surface area contributed by atoms with Gasteiger partial charge in [-0.1, -0.05) is 23.7 Å². The van der Waals surface area contributed by atoms with Gasteiger partial charge in [-0.15, -0.1) is 0 Å². The molecule has 2 aliphatic rings. The summed E-state index contributed by atoms with van der Waals surface area (Å²) in [6, 6.07) is 10.6. The summed E-state index contributed by atoms with van der Waals surface area (Å²) in [5.41, 5.74) is 5.31. The molecule has 2 aliphatic heterocycles. The largest absolute Gasteiger partial charge is 0.378 e. The number of benzene rings is 2. The lowest BCUT2D eigenvalue weighted by Crippen LogP contribution is -2.36. The summed E-state index contributed by atoms with van der Waals surface area (Å²) in [5, 5.41) is 3.22. The van der Waals surface area contributed by atoms with Crippen molar-refractivity contribution < 1.29 is 13.5 Å². The van der Waals surface area contributed by atoms with Crippen LogP contribution in [-0.4, -0.2) is 44.4 Å². The molecular formula is C26H27ClF2N4O. The van der Waals surface area contributed by atoms with Crippen molar-refractivity contribution in [3.63, 3.8) is 0 Å². The smallest absolute Gasteiger partial charge is 0.149 e. The molecule has 34 heavy (non-hydrogen) atoms. The summed E-state index contributed by atoms with van der Waals surface area (Å²) in [4.78, 5) is 9.10. The van der Waals surface area contributed by atoms with Gasteiger partial charge in [0.05, 0.1) is 23.9 Å². The number of nitrogens with zero attached hydrogens (tertiary/aromatic N) is 3. The predicted octanol–water partition coefficient (Wildman–Crippen LogP) is 5.65. The number of morpholine rings is 1. The first kappa shape index (κ1) is 22.9. The second kappa shape index (κ2) is 9.76. The maximum atomic E-state index is 14.6. The molecule has 1 fully saturated rings. The third-order valence-electron chi connectivity index (χ3n) is 6.54. The van der Waals surface area contributed by atoms with Crippen molar-refractivity contribution in [1.29, 1.82) is 0 Å². The van der Waals surface area contributed by atoms with Crippen LogP contribution in [0.15, 0.2) is 42.6 Å². The quantitative estimate of drug-likeness (QED) is 0.485. The number of anilines is 3. The van der Waals surface area contributed by atoms with Crippen molar-refractivity contribution in [2.24, 2.45) is 0 Å². The molecule has 3 aromatic rings. The fraction of sp³-hybridized carbons (Fsp3) is 0.346. The Bertz CT molecular complexity index is 1200. The second-order valence-electron chi connectivity index (χ2n) is 8.67. The molecule has 0 amide bonds. The van der Waals surface area contributed by atoms with Crippen LogP contribution in [0.4, 0.5) is 26.0 Å². The van der Waals surface area contributed by atoms with E-state index in [2.05, 4.69) is 46.3 Å². The molecule has 0 saturated carbocycles. The van der Waals surface area contributed by atoms with E-state index in [-0.39, 0.29) is 17.1 Å². The Balaban J connectivity index is 1.54. The summed E-state index contributed by atoms with van der Waals surface area (Å²) in [6.45, 7) is 6.82. The highest BCUT2D eigenvalue weighted by Crippen LogP contribution is 2.39. The molecule has 1 saturated heterocycles. The van der Waals surface area contributed by atoms with Crippen LogP contribution in [0.2, 0.25) is 5.02 Å². The zero-order chi connectivity index (χ0) is 23.7. The van der Waals surface area contributed by atoms with Gasteiger partial charge in [0.15, 0.2) is 0 Å². The zero-order valence-electron chi connectivity index (χ0n) is 19.1. The molecule has 178 valence electrons. The molecule has 1 aromatic heterocycles. The minimum atomic E-state index is -0.616. The molecular weight excluding hydrogens is 458 g/mol. The predicted molar refractivity (Wildman–Crippen MR) is 133 cm³/mol. The van der Waals surface area contributed by atoms with E-state index in [4.69, 9.17) is 21.3 Å². The standard InChI is InChI=1S/C26H27ClF2N4O/c1-17-20(18-4-2-5-19(14-18)32-10-12-34-13-11-32)15-31-26-25(17)33(9-3-8-30-26)16-21-22(28)6-7-23(29)24(21)27/h2,4-7,14-15H,3,8-13,16H2,1H3,(H,30,31). The molecule has 5 rings (SSSR count). The molecule has 0 unspecified atom stereocenters. The van der Waals surface area contributed by atoms with E-state index in [9.17, 15) is 8.78 Å². The summed E-state index contributed by atoms with van der Waals surface area (Å²) in [7, 11) is 0. The van der Waals surface area contributed by atoms with Gasteiger partial charge in [-0.25, -0.2) is 13.8 Å². The lowest BCUT2D eigenvalue weighted by molar-refractivity contribution is 0.122. The van der Waals surface area contributed by atoms with E-state index in [1.165, 1.54) is 0 Å². The second-order valence-corrected chi connectivity index (χ2v) is 9.05. The zero-order valence-corrected chi connectivity index (χ0v) is 19.8. The van der Waals surface area contributed by atoms with Crippen LogP contribution in [0, 0.1) is 18.6 Å². The first-order chi connectivity index (χ1) is 16.5. The number of halogens is 3. The first-order valence-corrected chi connectivity index (χ1v) is 11.9. The average Bonchev–Trinajstić information content (AvgIpc) is 3.08. The first-order valence-electron chi connectivity index (χ1n) is 11.6. The summed E-state index contributed by atoms with van der Waals surface area (Å²) in [5.74, 6) is -0.379. The number of hydrogen-bond donors (Lipinski definition) is 1. The Morgan fingerprint density at radius 2 is 1.88 bits per heavy atom. The molecule has 0 radical (unpaired) electrons. The van der Waals surface area contributed by atoms with Gasteiger partial charge in [0.1, 0.15) is 17.5 Å². The molecule has 0 spiro atoms. The van der Waals surface area contributed by atoms with Gasteiger partial charge in [0.25, 0.3) is 0 Å². The van der Waals surface area contributed by atoms with Gasteiger partial charge in [-0.05, 0) is 48.7 Å². The van der Waals surface area contributed by atoms with Gasteiger partial charge in [0.2, 0.25) is 0 Å². The van der Waals surface area contributed by atoms with E-state index in [0.717, 1.165) is 85.3 Å². The van der Waals surface area contributed by atoms with E-state index < -0.39 is 11.6 Å². The van der Waals surface area contributed by atoms with Crippen molar-refractivity contribution in [2.75, 3.05) is 54.5 Å². The van der Waals surface area contributed by atoms with Crippen molar-refractivity contribution in [1.82, 2.24) is 4.98 Å². The number of aromatic nitrogens is 1. The van der Waals surface area contributed by atoms with Crippen LogP contribution in [0.25, 0.3) is 11.1 Å². The Kier molecular flexibility index (Phi) is 6.57. The number of nitrogens with one attached hydrogen (secondary N) is 1. The van der Waals surface area contributed by atoms with Crippen molar-refractivity contribution in [3.8, 4) is 11.1 Å². The van der Waals surface area contributed by atoms with Crippen LogP contribution in [0.3, 0.4) is 0 Å². The van der Waals surface area contributed by atoms with Gasteiger partial charge in [-0.2, -0.15) is 0 Å². The molecule has 3 heterocycles. The number of pyridine rings is 1. The van der Waals surface area contributed by atoms with Crippen LogP contribution in [-0.2, 0) is 11.3 Å². The highest BCUT2D eigenvalue weighted by Gasteiger charge is 2.24. The molecule has 2 aromatic carbocycles. The Labute approximate surface area is 203 Å². The molecule has 0 bridgehead atoms. The third-order valence-corrected chi connectivity index (χ3v) is 6.95. The van der Waals surface area contributed by atoms with Crippen molar-refractivity contribution in [3.05, 3.63) is 70.4 Å².